The molecule has 0 amide bonds. The first kappa shape index (κ1) is 10.7. The van der Waals surface area contributed by atoms with Crippen molar-refractivity contribution in [2.45, 2.75) is 26.2 Å². The minimum atomic E-state index is 0.744. The summed E-state index contributed by atoms with van der Waals surface area (Å²) in [5.74, 6) is 1.74. The van der Waals surface area contributed by atoms with Crippen molar-refractivity contribution < 1.29 is 0 Å². The van der Waals surface area contributed by atoms with Gasteiger partial charge in [0.2, 0.25) is 0 Å². The van der Waals surface area contributed by atoms with Crippen LogP contribution in [0.4, 0.5) is 0 Å². The van der Waals surface area contributed by atoms with E-state index in [1.54, 1.807) is 0 Å². The maximum absolute atomic E-state index is 4.64. The van der Waals surface area contributed by atoms with Gasteiger partial charge in [-0.15, -0.1) is 0 Å². The Morgan fingerprint density at radius 3 is 3.00 bits per heavy atom. The molecule has 0 aromatic carbocycles. The summed E-state index contributed by atoms with van der Waals surface area (Å²) in [5, 5.41) is 7.94. The Balaban J connectivity index is 1.83. The van der Waals surface area contributed by atoms with Gasteiger partial charge in [0, 0.05) is 12.6 Å². The van der Waals surface area contributed by atoms with Gasteiger partial charge in [-0.1, -0.05) is 6.07 Å². The highest BCUT2D eigenvalue weighted by molar-refractivity contribution is 5.45. The van der Waals surface area contributed by atoms with Gasteiger partial charge >= 0.3 is 0 Å². The number of hydrogen-bond acceptors (Lipinski definition) is 3. The van der Waals surface area contributed by atoms with E-state index in [4.69, 9.17) is 0 Å². The molecule has 4 nitrogen and oxygen atoms in total. The first-order valence-corrected chi connectivity index (χ1v) is 6.34. The van der Waals surface area contributed by atoms with Crippen LogP contribution in [0.25, 0.3) is 5.65 Å². The number of piperidine rings is 1. The topological polar surface area (TPSA) is 42.2 Å². The maximum atomic E-state index is 4.64. The molecule has 3 rings (SSSR count). The molecule has 3 heterocycles. The molecular formula is C13H18N4. The van der Waals surface area contributed by atoms with Gasteiger partial charge in [0.25, 0.3) is 0 Å². The summed E-state index contributed by atoms with van der Waals surface area (Å²) >= 11 is 0. The second-order valence-corrected chi connectivity index (χ2v) is 4.88. The van der Waals surface area contributed by atoms with Gasteiger partial charge in [0.15, 0.2) is 11.5 Å². The molecule has 1 N–H and O–H groups in total. The number of nitrogens with zero attached hydrogens (tertiary/aromatic N) is 3. The van der Waals surface area contributed by atoms with E-state index in [-0.39, 0.29) is 0 Å². The second-order valence-electron chi connectivity index (χ2n) is 4.88. The van der Waals surface area contributed by atoms with Crippen molar-refractivity contribution in [1.29, 1.82) is 0 Å². The number of nitrogens with one attached hydrogen (secondary N) is 1. The van der Waals surface area contributed by atoms with E-state index in [0.29, 0.717) is 0 Å². The van der Waals surface area contributed by atoms with Crippen LogP contribution in [0.15, 0.2) is 18.3 Å². The summed E-state index contributed by atoms with van der Waals surface area (Å²) in [6, 6.07) is 4.10. The van der Waals surface area contributed by atoms with Crippen LogP contribution >= 0.6 is 0 Å². The van der Waals surface area contributed by atoms with Crippen LogP contribution in [0.3, 0.4) is 0 Å². The molecule has 0 aliphatic carbocycles. The van der Waals surface area contributed by atoms with Crippen LogP contribution in [-0.4, -0.2) is 27.7 Å². The average Bonchev–Trinajstić information content (AvgIpc) is 2.74. The summed E-state index contributed by atoms with van der Waals surface area (Å²) in [7, 11) is 0. The predicted molar refractivity (Wildman–Crippen MR) is 67.0 cm³/mol. The average molecular weight is 230 g/mol. The van der Waals surface area contributed by atoms with E-state index >= 15 is 0 Å². The maximum Gasteiger partial charge on any atom is 0.158 e. The van der Waals surface area contributed by atoms with Crippen molar-refractivity contribution in [3.63, 3.8) is 0 Å². The van der Waals surface area contributed by atoms with Gasteiger partial charge in [-0.25, -0.2) is 9.50 Å². The molecule has 17 heavy (non-hydrogen) atoms. The Labute approximate surface area is 101 Å². The number of fused-ring (bicyclic) bond motifs is 1. The fourth-order valence-corrected chi connectivity index (χ4v) is 2.51. The minimum absolute atomic E-state index is 0.744. The van der Waals surface area contributed by atoms with Gasteiger partial charge in [0.1, 0.15) is 0 Å². The quantitative estimate of drug-likeness (QED) is 0.851. The third-order valence-electron chi connectivity index (χ3n) is 3.53. The lowest BCUT2D eigenvalue weighted by Crippen LogP contribution is -2.28. The molecule has 0 spiro atoms. The minimum Gasteiger partial charge on any atom is -0.317 e. The lowest BCUT2D eigenvalue weighted by atomic mass is 9.94. The van der Waals surface area contributed by atoms with Crippen molar-refractivity contribution in [3.05, 3.63) is 29.7 Å². The van der Waals surface area contributed by atoms with E-state index in [0.717, 1.165) is 36.9 Å². The van der Waals surface area contributed by atoms with E-state index in [9.17, 15) is 0 Å². The van der Waals surface area contributed by atoms with Crippen LogP contribution in [0.2, 0.25) is 0 Å². The van der Waals surface area contributed by atoms with Crippen LogP contribution in [0.5, 0.6) is 0 Å². The van der Waals surface area contributed by atoms with Crippen LogP contribution in [0.1, 0.15) is 24.2 Å². The Morgan fingerprint density at radius 2 is 2.24 bits per heavy atom. The molecule has 1 fully saturated rings. The van der Waals surface area contributed by atoms with Crippen LogP contribution < -0.4 is 5.32 Å². The predicted octanol–water partition coefficient (Wildman–Crippen LogP) is 1.58. The van der Waals surface area contributed by atoms with Crippen molar-refractivity contribution in [2.24, 2.45) is 5.92 Å². The molecule has 90 valence electrons. The third kappa shape index (κ3) is 2.17. The zero-order valence-corrected chi connectivity index (χ0v) is 10.2. The first-order valence-electron chi connectivity index (χ1n) is 6.34. The van der Waals surface area contributed by atoms with Gasteiger partial charge < -0.3 is 5.32 Å². The molecule has 2 aromatic rings. The highest BCUT2D eigenvalue weighted by Gasteiger charge is 2.16. The standard InChI is InChI=1S/C13H18N4/c1-10-3-2-8-17-13(10)15-12(16-17)9-11-4-6-14-7-5-11/h2-3,8,11,14H,4-7,9H2,1H3. The molecule has 4 heteroatoms. The van der Waals surface area contributed by atoms with Gasteiger partial charge in [-0.05, 0) is 50.4 Å². The van der Waals surface area contributed by atoms with E-state index in [1.165, 1.54) is 18.4 Å². The molecule has 0 radical (unpaired) electrons. The Kier molecular flexibility index (Phi) is 2.81. The number of pyridine rings is 1. The summed E-state index contributed by atoms with van der Waals surface area (Å²) < 4.78 is 1.89. The summed E-state index contributed by atoms with van der Waals surface area (Å²) in [4.78, 5) is 4.64. The lowest BCUT2D eigenvalue weighted by molar-refractivity contribution is 0.367. The number of hydrogen-bond donors (Lipinski definition) is 1. The highest BCUT2D eigenvalue weighted by atomic mass is 15.3. The van der Waals surface area contributed by atoms with E-state index in [2.05, 4.69) is 28.4 Å². The fraction of sp³-hybridized carbons (Fsp3) is 0.538. The number of aryl methyl sites for hydroxylation is 1. The van der Waals surface area contributed by atoms with Crippen molar-refractivity contribution in [3.8, 4) is 0 Å². The zero-order valence-electron chi connectivity index (χ0n) is 10.2. The molecule has 0 bridgehead atoms. The monoisotopic (exact) mass is 230 g/mol. The van der Waals surface area contributed by atoms with Gasteiger partial charge in [-0.3, -0.25) is 0 Å². The summed E-state index contributed by atoms with van der Waals surface area (Å²) in [5.41, 5.74) is 2.19. The molecule has 0 atom stereocenters. The molecule has 1 aliphatic rings. The lowest BCUT2D eigenvalue weighted by Gasteiger charge is -2.20. The number of aromatic nitrogens is 3. The Bertz CT molecular complexity index is 511. The third-order valence-corrected chi connectivity index (χ3v) is 3.53. The van der Waals surface area contributed by atoms with Crippen molar-refractivity contribution >= 4 is 5.65 Å². The number of rotatable bonds is 2. The largest absolute Gasteiger partial charge is 0.317 e. The van der Waals surface area contributed by atoms with Crippen molar-refractivity contribution in [1.82, 2.24) is 19.9 Å². The SMILES string of the molecule is Cc1cccn2nc(CC3CCNCC3)nc12. The normalized spacial score (nSPS) is 17.7. The molecule has 1 aliphatic heterocycles. The Hall–Kier alpha value is -1.42. The molecule has 0 unspecified atom stereocenters. The van der Waals surface area contributed by atoms with Gasteiger partial charge in [0.05, 0.1) is 0 Å². The first-order chi connectivity index (χ1) is 8.33. The van der Waals surface area contributed by atoms with Gasteiger partial charge in [-0.2, -0.15) is 5.10 Å². The van der Waals surface area contributed by atoms with Crippen molar-refractivity contribution in [2.75, 3.05) is 13.1 Å². The molecule has 1 saturated heterocycles. The zero-order chi connectivity index (χ0) is 11.7. The highest BCUT2D eigenvalue weighted by Crippen LogP contribution is 2.17. The summed E-state index contributed by atoms with van der Waals surface area (Å²) in [6.45, 7) is 4.35. The van der Waals surface area contributed by atoms with E-state index < -0.39 is 0 Å². The summed E-state index contributed by atoms with van der Waals surface area (Å²) in [6.07, 6.45) is 5.48. The smallest absolute Gasteiger partial charge is 0.158 e. The Morgan fingerprint density at radius 1 is 1.41 bits per heavy atom. The van der Waals surface area contributed by atoms with Crippen LogP contribution in [-0.2, 0) is 6.42 Å². The fourth-order valence-electron chi connectivity index (χ4n) is 2.51. The second kappa shape index (κ2) is 4.45. The van der Waals surface area contributed by atoms with E-state index in [1.807, 2.05) is 16.8 Å². The molecule has 2 aromatic heterocycles. The van der Waals surface area contributed by atoms with Crippen LogP contribution in [0, 0.1) is 12.8 Å². The molecular weight excluding hydrogens is 212 g/mol. The molecule has 0 saturated carbocycles.